The van der Waals surface area contributed by atoms with E-state index in [0.717, 1.165) is 17.5 Å². The molecule has 0 aromatic heterocycles. The average molecular weight is 298 g/mol. The molecule has 0 fully saturated rings. The van der Waals surface area contributed by atoms with E-state index in [9.17, 15) is 15.0 Å². The number of aryl methyl sites for hydroxylation is 2. The second-order valence-electron chi connectivity index (χ2n) is 5.59. The Morgan fingerprint density at radius 1 is 0.909 bits per heavy atom. The first kappa shape index (κ1) is 16.2. The van der Waals surface area contributed by atoms with E-state index < -0.39 is 6.10 Å². The average Bonchev–Trinajstić information content (AvgIpc) is 2.53. The molecule has 2 N–H and O–H groups in total. The topological polar surface area (TPSA) is 57.5 Å². The van der Waals surface area contributed by atoms with Gasteiger partial charge in [-0.1, -0.05) is 42.5 Å². The molecule has 0 heterocycles. The van der Waals surface area contributed by atoms with Crippen LogP contribution in [0.25, 0.3) is 0 Å². The van der Waals surface area contributed by atoms with E-state index in [4.69, 9.17) is 0 Å². The number of ketones is 1. The van der Waals surface area contributed by atoms with E-state index >= 15 is 0 Å². The van der Waals surface area contributed by atoms with Crippen molar-refractivity contribution < 1.29 is 15.0 Å². The number of phenols is 1. The van der Waals surface area contributed by atoms with Crippen molar-refractivity contribution in [2.24, 2.45) is 0 Å². The predicted molar refractivity (Wildman–Crippen MR) is 86.8 cm³/mol. The summed E-state index contributed by atoms with van der Waals surface area (Å²) in [6, 6.07) is 16.8. The van der Waals surface area contributed by atoms with Crippen LogP contribution in [0.1, 0.15) is 30.4 Å². The molecule has 0 saturated carbocycles. The highest BCUT2D eigenvalue weighted by Gasteiger charge is 2.11. The molecule has 0 aliphatic carbocycles. The van der Waals surface area contributed by atoms with Crippen LogP contribution >= 0.6 is 0 Å². The molecule has 0 aliphatic rings. The molecule has 0 aliphatic heterocycles. The maximum atomic E-state index is 11.9. The number of carbonyl (C=O) groups is 1. The SMILES string of the molecule is O=C(CCc1ccccc1)C[C@H](O)CCc1ccc(O)cc1. The van der Waals surface area contributed by atoms with Gasteiger partial charge < -0.3 is 10.2 Å². The molecule has 116 valence electrons. The second kappa shape index (κ2) is 8.35. The van der Waals surface area contributed by atoms with E-state index in [1.807, 2.05) is 42.5 Å². The lowest BCUT2D eigenvalue weighted by atomic mass is 10.0. The smallest absolute Gasteiger partial charge is 0.135 e. The Labute approximate surface area is 131 Å². The van der Waals surface area contributed by atoms with E-state index in [-0.39, 0.29) is 18.0 Å². The molecule has 2 aromatic carbocycles. The maximum Gasteiger partial charge on any atom is 0.135 e. The Hall–Kier alpha value is -2.13. The van der Waals surface area contributed by atoms with Crippen molar-refractivity contribution in [3.63, 3.8) is 0 Å². The Kier molecular flexibility index (Phi) is 6.16. The number of phenolic OH excluding ortho intramolecular Hbond substituents is 1. The number of aromatic hydroxyl groups is 1. The van der Waals surface area contributed by atoms with Gasteiger partial charge >= 0.3 is 0 Å². The van der Waals surface area contributed by atoms with Gasteiger partial charge in [0, 0.05) is 12.8 Å². The zero-order valence-electron chi connectivity index (χ0n) is 12.6. The summed E-state index contributed by atoms with van der Waals surface area (Å²) in [5.41, 5.74) is 2.20. The summed E-state index contributed by atoms with van der Waals surface area (Å²) in [5, 5.41) is 19.2. The Morgan fingerprint density at radius 3 is 2.23 bits per heavy atom. The van der Waals surface area contributed by atoms with Crippen molar-refractivity contribution in [2.75, 3.05) is 0 Å². The first-order valence-corrected chi connectivity index (χ1v) is 7.65. The standard InChI is InChI=1S/C19H22O3/c20-17-10-6-16(7-11-17)9-13-19(22)14-18(21)12-8-15-4-2-1-3-5-15/h1-7,10-11,19-20,22H,8-9,12-14H2/t19-/m1/s1. The number of rotatable bonds is 8. The number of hydrogen-bond acceptors (Lipinski definition) is 3. The third-order valence-electron chi connectivity index (χ3n) is 3.70. The molecule has 0 unspecified atom stereocenters. The third kappa shape index (κ3) is 5.70. The molecule has 0 saturated heterocycles. The minimum absolute atomic E-state index is 0.0991. The van der Waals surface area contributed by atoms with Gasteiger partial charge in [-0.3, -0.25) is 4.79 Å². The van der Waals surface area contributed by atoms with Crippen molar-refractivity contribution >= 4 is 5.78 Å². The second-order valence-corrected chi connectivity index (χ2v) is 5.59. The van der Waals surface area contributed by atoms with Gasteiger partial charge in [-0.2, -0.15) is 0 Å². The Balaban J connectivity index is 1.68. The van der Waals surface area contributed by atoms with Gasteiger partial charge in [-0.05, 0) is 42.5 Å². The zero-order chi connectivity index (χ0) is 15.8. The molecule has 0 radical (unpaired) electrons. The van der Waals surface area contributed by atoms with Gasteiger partial charge in [0.25, 0.3) is 0 Å². The van der Waals surface area contributed by atoms with Crippen LogP contribution in [0.2, 0.25) is 0 Å². The van der Waals surface area contributed by atoms with Crippen LogP contribution in [0.5, 0.6) is 5.75 Å². The monoisotopic (exact) mass is 298 g/mol. The lowest BCUT2D eigenvalue weighted by Gasteiger charge is -2.10. The highest BCUT2D eigenvalue weighted by molar-refractivity contribution is 5.79. The highest BCUT2D eigenvalue weighted by atomic mass is 16.3. The fraction of sp³-hybridized carbons (Fsp3) is 0.316. The number of Topliss-reactive ketones (excluding diaryl/α,β-unsaturated/α-hetero) is 1. The van der Waals surface area contributed by atoms with Crippen molar-refractivity contribution in [1.29, 1.82) is 0 Å². The predicted octanol–water partition coefficient (Wildman–Crippen LogP) is 3.28. The summed E-state index contributed by atoms with van der Waals surface area (Å²) >= 11 is 0. The van der Waals surface area contributed by atoms with E-state index in [0.29, 0.717) is 19.3 Å². The molecule has 2 rings (SSSR count). The number of carbonyl (C=O) groups excluding carboxylic acids is 1. The van der Waals surface area contributed by atoms with Gasteiger partial charge in [0.2, 0.25) is 0 Å². The highest BCUT2D eigenvalue weighted by Crippen LogP contribution is 2.13. The first-order valence-electron chi connectivity index (χ1n) is 7.65. The van der Waals surface area contributed by atoms with E-state index in [1.165, 1.54) is 0 Å². The van der Waals surface area contributed by atoms with Crippen LogP contribution in [0, 0.1) is 0 Å². The Bertz CT molecular complexity index is 575. The number of aliphatic hydroxyl groups excluding tert-OH is 1. The molecule has 22 heavy (non-hydrogen) atoms. The minimum atomic E-state index is -0.600. The van der Waals surface area contributed by atoms with Crippen molar-refractivity contribution in [3.05, 3.63) is 65.7 Å². The van der Waals surface area contributed by atoms with Gasteiger partial charge in [-0.15, -0.1) is 0 Å². The molecular formula is C19H22O3. The lowest BCUT2D eigenvalue weighted by molar-refractivity contribution is -0.120. The van der Waals surface area contributed by atoms with Gasteiger partial charge in [0.15, 0.2) is 0 Å². The van der Waals surface area contributed by atoms with Crippen molar-refractivity contribution in [2.45, 2.75) is 38.2 Å². The van der Waals surface area contributed by atoms with Crippen LogP contribution in [0.3, 0.4) is 0 Å². The number of benzene rings is 2. The molecule has 0 bridgehead atoms. The molecule has 0 spiro atoms. The van der Waals surface area contributed by atoms with Crippen LogP contribution in [0.15, 0.2) is 54.6 Å². The lowest BCUT2D eigenvalue weighted by Crippen LogP contribution is -2.14. The molecule has 1 atom stereocenters. The summed E-state index contributed by atoms with van der Waals surface area (Å²) in [7, 11) is 0. The summed E-state index contributed by atoms with van der Waals surface area (Å²) in [4.78, 5) is 11.9. The van der Waals surface area contributed by atoms with Gasteiger partial charge in [-0.25, -0.2) is 0 Å². The molecular weight excluding hydrogens is 276 g/mol. The maximum absolute atomic E-state index is 11.9. The van der Waals surface area contributed by atoms with Crippen molar-refractivity contribution in [1.82, 2.24) is 0 Å². The number of hydrogen-bond donors (Lipinski definition) is 2. The van der Waals surface area contributed by atoms with Gasteiger partial charge in [0.05, 0.1) is 6.10 Å². The first-order chi connectivity index (χ1) is 10.6. The normalized spacial score (nSPS) is 12.0. The number of aliphatic hydroxyl groups is 1. The van der Waals surface area contributed by atoms with Crippen LogP contribution in [-0.4, -0.2) is 22.1 Å². The largest absolute Gasteiger partial charge is 0.508 e. The Morgan fingerprint density at radius 2 is 1.55 bits per heavy atom. The summed E-state index contributed by atoms with van der Waals surface area (Å²) < 4.78 is 0. The summed E-state index contributed by atoms with van der Waals surface area (Å²) in [6.45, 7) is 0. The zero-order valence-corrected chi connectivity index (χ0v) is 12.6. The van der Waals surface area contributed by atoms with E-state index in [2.05, 4.69) is 0 Å². The summed E-state index contributed by atoms with van der Waals surface area (Å²) in [5.74, 6) is 0.336. The third-order valence-corrected chi connectivity index (χ3v) is 3.70. The quantitative estimate of drug-likeness (QED) is 0.786. The van der Waals surface area contributed by atoms with Crippen LogP contribution < -0.4 is 0 Å². The van der Waals surface area contributed by atoms with E-state index in [1.54, 1.807) is 12.1 Å². The fourth-order valence-corrected chi connectivity index (χ4v) is 2.39. The molecule has 3 heteroatoms. The molecule has 0 amide bonds. The van der Waals surface area contributed by atoms with Crippen LogP contribution in [-0.2, 0) is 17.6 Å². The minimum Gasteiger partial charge on any atom is -0.508 e. The molecule has 2 aromatic rings. The van der Waals surface area contributed by atoms with Gasteiger partial charge in [0.1, 0.15) is 11.5 Å². The molecule has 3 nitrogen and oxygen atoms in total. The fourth-order valence-electron chi connectivity index (χ4n) is 2.39. The van der Waals surface area contributed by atoms with Crippen LogP contribution in [0.4, 0.5) is 0 Å². The summed E-state index contributed by atoms with van der Waals surface area (Å²) in [6.07, 6.45) is 2.07. The van der Waals surface area contributed by atoms with Crippen molar-refractivity contribution in [3.8, 4) is 5.75 Å².